The third kappa shape index (κ3) is 4.02. The van der Waals surface area contributed by atoms with Gasteiger partial charge in [-0.15, -0.1) is 12.4 Å². The van der Waals surface area contributed by atoms with Gasteiger partial charge in [0.25, 0.3) is 0 Å². The van der Waals surface area contributed by atoms with Crippen LogP contribution in [0, 0.1) is 5.82 Å². The van der Waals surface area contributed by atoms with Gasteiger partial charge in [0.15, 0.2) is 5.82 Å². The van der Waals surface area contributed by atoms with Gasteiger partial charge in [-0.25, -0.2) is 14.1 Å². The van der Waals surface area contributed by atoms with Crippen LogP contribution in [-0.4, -0.2) is 26.2 Å². The van der Waals surface area contributed by atoms with Crippen LogP contribution in [0.1, 0.15) is 26.7 Å². The van der Waals surface area contributed by atoms with Gasteiger partial charge in [-0.1, -0.05) is 13.3 Å². The minimum Gasteiger partial charge on any atom is -0.324 e. The zero-order valence-electron chi connectivity index (χ0n) is 12.4. The van der Waals surface area contributed by atoms with E-state index in [1.54, 1.807) is 13.0 Å². The lowest BCUT2D eigenvalue weighted by Gasteiger charge is -2.22. The smallest absolute Gasteiger partial charge is 0.244 e. The van der Waals surface area contributed by atoms with Gasteiger partial charge in [0.05, 0.1) is 5.54 Å². The zero-order chi connectivity index (χ0) is 15.5. The SMILES string of the molecule is CCCC(C)(N)C(=O)Nc1ccc(-n2cncn2)c(F)c1.Cl. The maximum absolute atomic E-state index is 14.0. The molecule has 8 heteroatoms. The number of benzene rings is 1. The molecule has 0 spiro atoms. The number of hydrogen-bond acceptors (Lipinski definition) is 4. The molecule has 1 unspecified atom stereocenters. The van der Waals surface area contributed by atoms with Crippen LogP contribution in [0.25, 0.3) is 5.69 Å². The van der Waals surface area contributed by atoms with Gasteiger partial charge in [-0.05, 0) is 31.5 Å². The third-order valence-electron chi connectivity index (χ3n) is 3.16. The highest BCUT2D eigenvalue weighted by Crippen LogP contribution is 2.19. The van der Waals surface area contributed by atoms with Gasteiger partial charge in [0.1, 0.15) is 18.3 Å². The summed E-state index contributed by atoms with van der Waals surface area (Å²) >= 11 is 0. The number of rotatable bonds is 5. The molecule has 0 fully saturated rings. The first-order valence-electron chi connectivity index (χ1n) is 6.69. The molecule has 0 aliphatic rings. The zero-order valence-corrected chi connectivity index (χ0v) is 13.2. The Morgan fingerprint density at radius 3 is 2.77 bits per heavy atom. The largest absolute Gasteiger partial charge is 0.324 e. The fourth-order valence-corrected chi connectivity index (χ4v) is 2.01. The summed E-state index contributed by atoms with van der Waals surface area (Å²) < 4.78 is 15.3. The molecule has 1 amide bonds. The predicted molar refractivity (Wildman–Crippen MR) is 84.7 cm³/mol. The highest BCUT2D eigenvalue weighted by molar-refractivity contribution is 5.97. The summed E-state index contributed by atoms with van der Waals surface area (Å²) in [6.07, 6.45) is 4.06. The fourth-order valence-electron chi connectivity index (χ4n) is 2.01. The van der Waals surface area contributed by atoms with Crippen LogP contribution in [0.2, 0.25) is 0 Å². The van der Waals surface area contributed by atoms with Crippen molar-refractivity contribution in [3.8, 4) is 5.69 Å². The Bertz CT molecular complexity index is 630. The second-order valence-electron chi connectivity index (χ2n) is 5.13. The van der Waals surface area contributed by atoms with Crippen LogP contribution in [0.5, 0.6) is 0 Å². The Balaban J connectivity index is 0.00000242. The Kier molecular flexibility index (Phi) is 6.01. The number of nitrogens with zero attached hydrogens (tertiary/aromatic N) is 3. The first-order chi connectivity index (χ1) is 9.94. The average molecular weight is 328 g/mol. The lowest BCUT2D eigenvalue weighted by molar-refractivity contribution is -0.120. The monoisotopic (exact) mass is 327 g/mol. The molecule has 1 atom stereocenters. The van der Waals surface area contributed by atoms with Crippen LogP contribution in [-0.2, 0) is 4.79 Å². The summed E-state index contributed by atoms with van der Waals surface area (Å²) in [6, 6.07) is 4.35. The Morgan fingerprint density at radius 1 is 1.50 bits per heavy atom. The van der Waals surface area contributed by atoms with Crippen molar-refractivity contribution in [3.05, 3.63) is 36.7 Å². The van der Waals surface area contributed by atoms with E-state index in [9.17, 15) is 9.18 Å². The van der Waals surface area contributed by atoms with Gasteiger partial charge in [-0.3, -0.25) is 4.79 Å². The van der Waals surface area contributed by atoms with Crippen LogP contribution in [0.15, 0.2) is 30.9 Å². The maximum atomic E-state index is 14.0. The van der Waals surface area contributed by atoms with Gasteiger partial charge in [0, 0.05) is 5.69 Å². The highest BCUT2D eigenvalue weighted by atomic mass is 35.5. The van der Waals surface area contributed by atoms with Crippen LogP contribution >= 0.6 is 12.4 Å². The third-order valence-corrected chi connectivity index (χ3v) is 3.16. The number of carbonyl (C=O) groups is 1. The first kappa shape index (κ1) is 18.1. The van der Waals surface area contributed by atoms with Crippen molar-refractivity contribution in [2.75, 3.05) is 5.32 Å². The number of carbonyl (C=O) groups excluding carboxylic acids is 1. The van der Waals surface area contributed by atoms with E-state index in [1.807, 2.05) is 6.92 Å². The molecule has 1 heterocycles. The summed E-state index contributed by atoms with van der Waals surface area (Å²) in [6.45, 7) is 3.61. The maximum Gasteiger partial charge on any atom is 0.244 e. The fraction of sp³-hybridized carbons (Fsp3) is 0.357. The quantitative estimate of drug-likeness (QED) is 0.882. The second-order valence-corrected chi connectivity index (χ2v) is 5.13. The lowest BCUT2D eigenvalue weighted by Crippen LogP contribution is -2.48. The minimum atomic E-state index is -0.976. The number of amides is 1. The summed E-state index contributed by atoms with van der Waals surface area (Å²) in [5.74, 6) is -0.843. The van der Waals surface area contributed by atoms with E-state index in [-0.39, 0.29) is 24.0 Å². The molecule has 0 aliphatic heterocycles. The van der Waals surface area contributed by atoms with Crippen molar-refractivity contribution >= 4 is 24.0 Å². The van der Waals surface area contributed by atoms with E-state index in [0.717, 1.165) is 6.42 Å². The summed E-state index contributed by atoms with van der Waals surface area (Å²) in [5.41, 5.74) is 5.57. The van der Waals surface area contributed by atoms with E-state index in [2.05, 4.69) is 15.4 Å². The topological polar surface area (TPSA) is 85.8 Å². The predicted octanol–water partition coefficient (Wildman–Crippen LogP) is 2.28. The molecule has 0 bridgehead atoms. The Morgan fingerprint density at radius 2 is 2.23 bits per heavy atom. The number of halogens is 2. The molecule has 3 N–H and O–H groups in total. The lowest BCUT2D eigenvalue weighted by atomic mass is 9.96. The van der Waals surface area contributed by atoms with E-state index in [0.29, 0.717) is 12.1 Å². The number of nitrogens with two attached hydrogens (primary N) is 1. The van der Waals surface area contributed by atoms with Crippen molar-refractivity contribution in [2.24, 2.45) is 5.73 Å². The van der Waals surface area contributed by atoms with Gasteiger partial charge < -0.3 is 11.1 Å². The molecule has 0 aliphatic carbocycles. The molecular weight excluding hydrogens is 309 g/mol. The molecule has 6 nitrogen and oxygen atoms in total. The molecule has 0 radical (unpaired) electrons. The molecule has 0 saturated heterocycles. The summed E-state index contributed by atoms with van der Waals surface area (Å²) in [7, 11) is 0. The van der Waals surface area contributed by atoms with E-state index in [4.69, 9.17) is 5.73 Å². The second kappa shape index (κ2) is 7.33. The molecule has 120 valence electrons. The van der Waals surface area contributed by atoms with Gasteiger partial charge >= 0.3 is 0 Å². The van der Waals surface area contributed by atoms with E-state index >= 15 is 0 Å². The Hall–Kier alpha value is -1.99. The standard InChI is InChI=1S/C14H18FN5O.ClH/c1-3-6-14(2,16)13(21)19-10-4-5-12(11(15)7-10)20-9-17-8-18-20;/h4-5,7-9H,3,6,16H2,1-2H3,(H,19,21);1H. The molecule has 1 aromatic carbocycles. The molecule has 0 saturated carbocycles. The van der Waals surface area contributed by atoms with Crippen molar-refractivity contribution in [3.63, 3.8) is 0 Å². The Labute approximate surface area is 134 Å². The van der Waals surface area contributed by atoms with Crippen molar-refractivity contribution in [1.82, 2.24) is 14.8 Å². The molecular formula is C14H19ClFN5O. The normalized spacial score (nSPS) is 13.1. The van der Waals surface area contributed by atoms with Gasteiger partial charge in [-0.2, -0.15) is 5.10 Å². The summed E-state index contributed by atoms with van der Waals surface area (Å²) in [5, 5.41) is 6.49. The summed E-state index contributed by atoms with van der Waals surface area (Å²) in [4.78, 5) is 15.8. The number of anilines is 1. The first-order valence-corrected chi connectivity index (χ1v) is 6.69. The molecule has 2 aromatic rings. The van der Waals surface area contributed by atoms with Crippen LogP contribution in [0.3, 0.4) is 0 Å². The highest BCUT2D eigenvalue weighted by Gasteiger charge is 2.27. The minimum absolute atomic E-state index is 0. The van der Waals surface area contributed by atoms with Crippen LogP contribution < -0.4 is 11.1 Å². The van der Waals surface area contributed by atoms with Crippen LogP contribution in [0.4, 0.5) is 10.1 Å². The van der Waals surface area contributed by atoms with Crippen molar-refractivity contribution in [1.29, 1.82) is 0 Å². The molecule has 1 aromatic heterocycles. The molecule has 22 heavy (non-hydrogen) atoms. The van der Waals surface area contributed by atoms with Crippen molar-refractivity contribution < 1.29 is 9.18 Å². The van der Waals surface area contributed by atoms with E-state index < -0.39 is 11.4 Å². The average Bonchev–Trinajstić information content (AvgIpc) is 2.92. The number of hydrogen-bond donors (Lipinski definition) is 2. The molecule has 2 rings (SSSR count). The number of aromatic nitrogens is 3. The van der Waals surface area contributed by atoms with E-state index in [1.165, 1.54) is 29.5 Å². The van der Waals surface area contributed by atoms with Gasteiger partial charge in [0.2, 0.25) is 5.91 Å². The van der Waals surface area contributed by atoms with Crippen molar-refractivity contribution in [2.45, 2.75) is 32.2 Å². The number of nitrogens with one attached hydrogen (secondary N) is 1.